The van der Waals surface area contributed by atoms with Crippen molar-refractivity contribution in [2.75, 3.05) is 6.61 Å². The molecular formula is C23H19ClN2O4. The van der Waals surface area contributed by atoms with Crippen molar-refractivity contribution in [3.63, 3.8) is 0 Å². The number of carbonyl (C=O) groups is 2. The maximum atomic E-state index is 12.2. The number of para-hydroxylation sites is 1. The van der Waals surface area contributed by atoms with Gasteiger partial charge in [0.2, 0.25) is 0 Å². The fraction of sp³-hybridized carbons (Fsp3) is 0.0870. The average molecular weight is 423 g/mol. The first-order valence-electron chi connectivity index (χ1n) is 9.09. The van der Waals surface area contributed by atoms with Crippen LogP contribution >= 0.6 is 11.6 Å². The van der Waals surface area contributed by atoms with Crippen LogP contribution in [0, 0.1) is 6.92 Å². The molecule has 3 rings (SSSR count). The van der Waals surface area contributed by atoms with Gasteiger partial charge in [0.1, 0.15) is 11.5 Å². The molecule has 0 aromatic heterocycles. The van der Waals surface area contributed by atoms with Gasteiger partial charge in [-0.05, 0) is 61.0 Å². The number of aryl methyl sites for hydroxylation is 1. The van der Waals surface area contributed by atoms with Gasteiger partial charge in [0.05, 0.1) is 16.8 Å². The number of nitrogens with zero attached hydrogens (tertiary/aromatic N) is 1. The van der Waals surface area contributed by atoms with E-state index < -0.39 is 11.9 Å². The van der Waals surface area contributed by atoms with Crippen LogP contribution in [-0.2, 0) is 4.79 Å². The number of nitrogens with one attached hydrogen (secondary N) is 1. The molecule has 0 aliphatic carbocycles. The Morgan fingerprint density at radius 1 is 1.03 bits per heavy atom. The van der Waals surface area contributed by atoms with E-state index in [1.54, 1.807) is 66.7 Å². The lowest BCUT2D eigenvalue weighted by Crippen LogP contribution is -2.24. The average Bonchev–Trinajstić information content (AvgIpc) is 2.74. The maximum absolute atomic E-state index is 12.2. The summed E-state index contributed by atoms with van der Waals surface area (Å²) >= 11 is 5.96. The molecule has 1 N–H and O–H groups in total. The molecule has 30 heavy (non-hydrogen) atoms. The minimum atomic E-state index is -0.425. The highest BCUT2D eigenvalue weighted by Gasteiger charge is 2.08. The second-order valence-corrected chi connectivity index (χ2v) is 6.75. The Balaban J connectivity index is 1.48. The van der Waals surface area contributed by atoms with E-state index in [2.05, 4.69) is 10.5 Å². The van der Waals surface area contributed by atoms with E-state index >= 15 is 0 Å². The first-order valence-corrected chi connectivity index (χ1v) is 9.47. The zero-order valence-electron chi connectivity index (χ0n) is 16.2. The first kappa shape index (κ1) is 21.1. The molecule has 6 nitrogen and oxygen atoms in total. The minimum Gasteiger partial charge on any atom is -0.482 e. The van der Waals surface area contributed by atoms with Gasteiger partial charge in [-0.25, -0.2) is 10.2 Å². The van der Waals surface area contributed by atoms with E-state index in [9.17, 15) is 9.59 Å². The third kappa shape index (κ3) is 6.18. The van der Waals surface area contributed by atoms with Crippen LogP contribution in [0.15, 0.2) is 77.9 Å². The van der Waals surface area contributed by atoms with Gasteiger partial charge in [-0.3, -0.25) is 4.79 Å². The van der Waals surface area contributed by atoms with Crippen molar-refractivity contribution < 1.29 is 19.1 Å². The summed E-state index contributed by atoms with van der Waals surface area (Å²) in [6.45, 7) is 1.70. The van der Waals surface area contributed by atoms with Crippen molar-refractivity contribution in [1.82, 2.24) is 5.43 Å². The summed E-state index contributed by atoms with van der Waals surface area (Å²) in [7, 11) is 0. The van der Waals surface area contributed by atoms with E-state index in [0.717, 1.165) is 11.1 Å². The normalized spacial score (nSPS) is 10.6. The van der Waals surface area contributed by atoms with Crippen LogP contribution in [0.4, 0.5) is 0 Å². The zero-order chi connectivity index (χ0) is 21.3. The highest BCUT2D eigenvalue weighted by atomic mass is 35.5. The summed E-state index contributed by atoms with van der Waals surface area (Å²) in [4.78, 5) is 24.0. The molecule has 0 fully saturated rings. The molecule has 0 saturated heterocycles. The fourth-order valence-electron chi connectivity index (χ4n) is 2.48. The first-order chi connectivity index (χ1) is 14.5. The third-order valence-corrected chi connectivity index (χ3v) is 4.25. The number of carbonyl (C=O) groups excluding carboxylic acids is 2. The molecule has 1 amide bonds. The van der Waals surface area contributed by atoms with Crippen molar-refractivity contribution >= 4 is 29.7 Å². The number of benzene rings is 3. The van der Waals surface area contributed by atoms with Crippen molar-refractivity contribution in [1.29, 1.82) is 0 Å². The summed E-state index contributed by atoms with van der Waals surface area (Å²) < 4.78 is 10.7. The van der Waals surface area contributed by atoms with Crippen LogP contribution in [0.3, 0.4) is 0 Å². The molecule has 0 radical (unpaired) electrons. The van der Waals surface area contributed by atoms with E-state index in [-0.39, 0.29) is 6.61 Å². The summed E-state index contributed by atoms with van der Waals surface area (Å²) in [5.41, 5.74) is 4.56. The molecule has 0 spiro atoms. The standard InChI is InChI=1S/C23H19ClN2O4/c1-16-5-4-6-18(13-16)23(28)30-19-11-9-17(10-12-19)14-25-26-22(27)15-29-21-8-3-2-7-20(21)24/h2-14H,15H2,1H3,(H,26,27). The Morgan fingerprint density at radius 2 is 1.80 bits per heavy atom. The molecule has 7 heteroatoms. The second kappa shape index (κ2) is 10.2. The number of rotatable bonds is 7. The molecule has 0 atom stereocenters. The highest BCUT2D eigenvalue weighted by Crippen LogP contribution is 2.22. The number of amides is 1. The number of hydrazone groups is 1. The van der Waals surface area contributed by atoms with E-state index in [0.29, 0.717) is 22.1 Å². The van der Waals surface area contributed by atoms with Gasteiger partial charge in [0.15, 0.2) is 6.61 Å². The lowest BCUT2D eigenvalue weighted by atomic mass is 10.1. The number of ether oxygens (including phenoxy) is 2. The van der Waals surface area contributed by atoms with Crippen LogP contribution < -0.4 is 14.9 Å². The molecule has 0 aliphatic heterocycles. The number of hydrogen-bond acceptors (Lipinski definition) is 5. The number of hydrogen-bond donors (Lipinski definition) is 1. The summed E-state index contributed by atoms with van der Waals surface area (Å²) in [5.74, 6) is -0.00861. The van der Waals surface area contributed by atoms with Gasteiger partial charge in [-0.15, -0.1) is 0 Å². The Hall–Kier alpha value is -3.64. The van der Waals surface area contributed by atoms with Crippen LogP contribution in [0.5, 0.6) is 11.5 Å². The Bertz CT molecular complexity index is 1060. The number of esters is 1. The van der Waals surface area contributed by atoms with Crippen molar-refractivity contribution in [2.24, 2.45) is 5.10 Å². The molecular weight excluding hydrogens is 404 g/mol. The second-order valence-electron chi connectivity index (χ2n) is 6.34. The Kier molecular flexibility index (Phi) is 7.19. The Labute approximate surface area is 179 Å². The highest BCUT2D eigenvalue weighted by molar-refractivity contribution is 6.32. The van der Waals surface area contributed by atoms with E-state index in [1.165, 1.54) is 6.21 Å². The molecule has 0 unspecified atom stereocenters. The largest absolute Gasteiger partial charge is 0.482 e. The summed E-state index contributed by atoms with van der Waals surface area (Å²) in [5, 5.41) is 4.31. The molecule has 152 valence electrons. The van der Waals surface area contributed by atoms with Crippen LogP contribution in [0.1, 0.15) is 21.5 Å². The smallest absolute Gasteiger partial charge is 0.343 e. The van der Waals surface area contributed by atoms with Gasteiger partial charge in [-0.2, -0.15) is 5.10 Å². The molecule has 0 heterocycles. The molecule has 0 bridgehead atoms. The van der Waals surface area contributed by atoms with E-state index in [1.807, 2.05) is 13.0 Å². The van der Waals surface area contributed by atoms with Crippen LogP contribution in [0.25, 0.3) is 0 Å². The molecule has 0 saturated carbocycles. The monoisotopic (exact) mass is 422 g/mol. The predicted octanol–water partition coefficient (Wildman–Crippen LogP) is 4.40. The van der Waals surface area contributed by atoms with Gasteiger partial charge in [-0.1, -0.05) is 41.4 Å². The lowest BCUT2D eigenvalue weighted by Gasteiger charge is -2.06. The van der Waals surface area contributed by atoms with Crippen molar-refractivity contribution in [3.05, 3.63) is 94.5 Å². The number of halogens is 1. The fourth-order valence-corrected chi connectivity index (χ4v) is 2.67. The van der Waals surface area contributed by atoms with Crippen LogP contribution in [-0.4, -0.2) is 24.7 Å². The minimum absolute atomic E-state index is 0.213. The molecule has 3 aromatic carbocycles. The quantitative estimate of drug-likeness (QED) is 0.265. The van der Waals surface area contributed by atoms with Crippen LogP contribution in [0.2, 0.25) is 5.02 Å². The zero-order valence-corrected chi connectivity index (χ0v) is 16.9. The lowest BCUT2D eigenvalue weighted by molar-refractivity contribution is -0.123. The van der Waals surface area contributed by atoms with Gasteiger partial charge in [0.25, 0.3) is 5.91 Å². The SMILES string of the molecule is Cc1cccc(C(=O)Oc2ccc(C=NNC(=O)COc3ccccc3Cl)cc2)c1. The Morgan fingerprint density at radius 3 is 2.53 bits per heavy atom. The predicted molar refractivity (Wildman–Crippen MR) is 115 cm³/mol. The maximum Gasteiger partial charge on any atom is 0.343 e. The topological polar surface area (TPSA) is 77.0 Å². The summed E-state index contributed by atoms with van der Waals surface area (Å²) in [6, 6.07) is 20.8. The molecule has 0 aliphatic rings. The van der Waals surface area contributed by atoms with Crippen molar-refractivity contribution in [3.8, 4) is 11.5 Å². The summed E-state index contributed by atoms with van der Waals surface area (Å²) in [6.07, 6.45) is 1.47. The van der Waals surface area contributed by atoms with Crippen molar-refractivity contribution in [2.45, 2.75) is 6.92 Å². The molecule has 3 aromatic rings. The van der Waals surface area contributed by atoms with Gasteiger partial charge >= 0.3 is 5.97 Å². The van der Waals surface area contributed by atoms with E-state index in [4.69, 9.17) is 21.1 Å². The third-order valence-electron chi connectivity index (χ3n) is 3.94. The van der Waals surface area contributed by atoms with Gasteiger partial charge < -0.3 is 9.47 Å². The van der Waals surface area contributed by atoms with Gasteiger partial charge in [0, 0.05) is 0 Å².